The van der Waals surface area contributed by atoms with Crippen LogP contribution in [0.3, 0.4) is 0 Å². The van der Waals surface area contributed by atoms with E-state index in [1.807, 2.05) is 0 Å². The minimum absolute atomic E-state index is 1.10. The van der Waals surface area contributed by atoms with Crippen molar-refractivity contribution in [2.24, 2.45) is 0 Å². The molecule has 129 valence electrons. The number of hydrogen-bond donors (Lipinski definition) is 2. The maximum Gasteiger partial charge on any atom is 0.101 e. The Kier molecular flexibility index (Phi) is 14.4. The van der Waals surface area contributed by atoms with Gasteiger partial charge in [0.15, 0.2) is 0 Å². The Morgan fingerprint density at radius 3 is 2.00 bits per heavy atom. The zero-order valence-electron chi connectivity index (χ0n) is 14.9. The Morgan fingerprint density at radius 1 is 0.739 bits per heavy atom. The molecule has 3 N–H and O–H groups in total. The first-order valence-electron chi connectivity index (χ1n) is 9.64. The van der Waals surface area contributed by atoms with Crippen molar-refractivity contribution < 1.29 is 5.32 Å². The van der Waals surface area contributed by atoms with Crippen LogP contribution in [0.25, 0.3) is 0 Å². The van der Waals surface area contributed by atoms with Crippen LogP contribution in [-0.4, -0.2) is 29.9 Å². The highest BCUT2D eigenvalue weighted by Crippen LogP contribution is 2.09. The molecule has 23 heavy (non-hydrogen) atoms. The molecule has 0 aliphatic carbocycles. The lowest BCUT2D eigenvalue weighted by Gasteiger charge is -2.05. The molecule has 0 aliphatic heterocycles. The van der Waals surface area contributed by atoms with Crippen molar-refractivity contribution in [3.8, 4) is 0 Å². The lowest BCUT2D eigenvalue weighted by Crippen LogP contribution is -2.84. The highest BCUT2D eigenvalue weighted by Gasteiger charge is 1.95. The van der Waals surface area contributed by atoms with Crippen LogP contribution in [0.5, 0.6) is 0 Å². The van der Waals surface area contributed by atoms with Crippen LogP contribution in [0.2, 0.25) is 6.04 Å². The van der Waals surface area contributed by atoms with E-state index in [2.05, 4.69) is 51.2 Å². The van der Waals surface area contributed by atoms with E-state index in [1.54, 1.807) is 0 Å². The minimum Gasteiger partial charge on any atom is -0.341 e. The topological polar surface area (TPSA) is 28.6 Å². The molecule has 0 saturated heterocycles. The summed E-state index contributed by atoms with van der Waals surface area (Å²) in [6.45, 7) is 4.58. The molecule has 2 nitrogen and oxygen atoms in total. The number of unbranched alkanes of at least 4 members (excludes halogenated alkanes) is 8. The number of benzene rings is 1. The molecule has 3 heteroatoms. The fourth-order valence-electron chi connectivity index (χ4n) is 2.82. The van der Waals surface area contributed by atoms with Crippen molar-refractivity contribution in [2.45, 2.75) is 70.4 Å². The molecule has 0 unspecified atom stereocenters. The molecule has 0 fully saturated rings. The lowest BCUT2D eigenvalue weighted by molar-refractivity contribution is -0.668. The number of quaternary nitrogens is 1. The maximum atomic E-state index is 3.56. The van der Waals surface area contributed by atoms with Crippen molar-refractivity contribution in [2.75, 3.05) is 19.6 Å². The lowest BCUT2D eigenvalue weighted by atomic mass is 10.1. The van der Waals surface area contributed by atoms with E-state index in [-0.39, 0.29) is 0 Å². The molecule has 0 amide bonds. The predicted molar refractivity (Wildman–Crippen MR) is 102 cm³/mol. The van der Waals surface area contributed by atoms with Crippen molar-refractivity contribution in [3.63, 3.8) is 0 Å². The Morgan fingerprint density at radius 2 is 1.35 bits per heavy atom. The van der Waals surface area contributed by atoms with E-state index in [1.165, 1.54) is 76.4 Å². The molecular formula is C20H36N2Si+. The molecule has 1 rings (SSSR count). The smallest absolute Gasteiger partial charge is 0.101 e. The van der Waals surface area contributed by atoms with Crippen LogP contribution in [0.4, 0.5) is 0 Å². The first kappa shape index (κ1) is 20.4. The first-order valence-corrected chi connectivity index (χ1v) is 10.3. The summed E-state index contributed by atoms with van der Waals surface area (Å²) in [5.74, 6) is 0. The zero-order valence-corrected chi connectivity index (χ0v) is 15.9. The fraction of sp³-hybridized carbons (Fsp3) is 0.700. The quantitative estimate of drug-likeness (QED) is 0.352. The minimum atomic E-state index is 1.10. The third-order valence-electron chi connectivity index (χ3n) is 4.28. The normalized spacial score (nSPS) is 11.0. The van der Waals surface area contributed by atoms with Gasteiger partial charge in [-0.15, -0.1) is 0 Å². The van der Waals surface area contributed by atoms with Crippen LogP contribution in [-0.2, 0) is 6.54 Å². The molecule has 0 heterocycles. The summed E-state index contributed by atoms with van der Waals surface area (Å²) >= 11 is 0. The summed E-state index contributed by atoms with van der Waals surface area (Å²) in [4.78, 5) is 0. The molecule has 0 spiro atoms. The maximum absolute atomic E-state index is 3.56. The molecule has 1 aromatic rings. The average molecular weight is 333 g/mol. The van der Waals surface area contributed by atoms with Gasteiger partial charge >= 0.3 is 0 Å². The van der Waals surface area contributed by atoms with Gasteiger partial charge < -0.3 is 10.6 Å². The average Bonchev–Trinajstić information content (AvgIpc) is 2.59. The first-order chi connectivity index (χ1) is 11.4. The number of nitrogens with two attached hydrogens (primary N) is 1. The molecular weight excluding hydrogens is 296 g/mol. The Hall–Kier alpha value is -0.643. The van der Waals surface area contributed by atoms with Gasteiger partial charge in [-0.25, -0.2) is 0 Å². The second-order valence-electron chi connectivity index (χ2n) is 6.45. The summed E-state index contributed by atoms with van der Waals surface area (Å²) in [6, 6.07) is 11.9. The van der Waals surface area contributed by atoms with Crippen molar-refractivity contribution >= 4 is 10.2 Å². The SMILES string of the molecule is [Si]CCCCCCCCCCCNCC[NH2+]Cc1ccccc1. The summed E-state index contributed by atoms with van der Waals surface area (Å²) in [6.07, 6.45) is 12.6. The van der Waals surface area contributed by atoms with E-state index in [0.717, 1.165) is 19.1 Å². The zero-order chi connectivity index (χ0) is 16.4. The van der Waals surface area contributed by atoms with Crippen molar-refractivity contribution in [3.05, 3.63) is 35.9 Å². The van der Waals surface area contributed by atoms with Gasteiger partial charge in [0.05, 0.1) is 6.54 Å². The van der Waals surface area contributed by atoms with E-state index in [9.17, 15) is 0 Å². The van der Waals surface area contributed by atoms with Crippen LogP contribution in [0.15, 0.2) is 30.3 Å². The predicted octanol–water partition coefficient (Wildman–Crippen LogP) is 3.44. The van der Waals surface area contributed by atoms with Gasteiger partial charge in [-0.1, -0.05) is 87.7 Å². The van der Waals surface area contributed by atoms with Crippen LogP contribution < -0.4 is 10.6 Å². The second kappa shape index (κ2) is 16.2. The standard InChI is InChI=1S/C20H35N2Si/c23-18-12-7-5-3-1-2-4-6-11-15-21-16-17-22-19-20-13-9-8-10-14-20/h8-10,13-14,21-22H,1-7,11-12,15-19H2/p+1. The van der Waals surface area contributed by atoms with Crippen LogP contribution in [0, 0.1) is 0 Å². The third kappa shape index (κ3) is 13.5. The largest absolute Gasteiger partial charge is 0.341 e. The molecule has 0 atom stereocenters. The van der Waals surface area contributed by atoms with Crippen LogP contribution >= 0.6 is 0 Å². The van der Waals surface area contributed by atoms with E-state index >= 15 is 0 Å². The number of rotatable bonds is 16. The van der Waals surface area contributed by atoms with Gasteiger partial charge in [0.2, 0.25) is 0 Å². The Bertz CT molecular complexity index is 343. The molecule has 1 aromatic carbocycles. The van der Waals surface area contributed by atoms with E-state index in [4.69, 9.17) is 0 Å². The molecule has 0 bridgehead atoms. The van der Waals surface area contributed by atoms with Gasteiger partial charge in [0.25, 0.3) is 0 Å². The van der Waals surface area contributed by atoms with Gasteiger partial charge in [-0.2, -0.15) is 0 Å². The van der Waals surface area contributed by atoms with Crippen molar-refractivity contribution in [1.29, 1.82) is 0 Å². The highest BCUT2D eigenvalue weighted by atomic mass is 28.1. The molecule has 3 radical (unpaired) electrons. The van der Waals surface area contributed by atoms with E-state index in [0.29, 0.717) is 0 Å². The summed E-state index contributed by atoms with van der Waals surface area (Å²) < 4.78 is 0. The van der Waals surface area contributed by atoms with Gasteiger partial charge in [0.1, 0.15) is 6.54 Å². The number of nitrogens with one attached hydrogen (secondary N) is 1. The molecule has 0 aromatic heterocycles. The fourth-order valence-corrected chi connectivity index (χ4v) is 3.07. The summed E-state index contributed by atoms with van der Waals surface area (Å²) in [7, 11) is 3.53. The third-order valence-corrected chi connectivity index (χ3v) is 4.63. The Labute approximate surface area is 147 Å². The number of hydrogen-bond acceptors (Lipinski definition) is 1. The van der Waals surface area contributed by atoms with E-state index < -0.39 is 0 Å². The van der Waals surface area contributed by atoms with Gasteiger partial charge in [-0.05, 0) is 13.0 Å². The summed E-state index contributed by atoms with van der Waals surface area (Å²) in [5.41, 5.74) is 1.42. The van der Waals surface area contributed by atoms with Gasteiger partial charge in [-0.3, -0.25) is 0 Å². The van der Waals surface area contributed by atoms with Crippen molar-refractivity contribution in [1.82, 2.24) is 5.32 Å². The molecule has 0 aliphatic rings. The highest BCUT2D eigenvalue weighted by molar-refractivity contribution is 6.08. The summed E-state index contributed by atoms with van der Waals surface area (Å²) in [5, 5.41) is 5.95. The second-order valence-corrected chi connectivity index (χ2v) is 6.95. The van der Waals surface area contributed by atoms with Gasteiger partial charge in [0, 0.05) is 22.4 Å². The van der Waals surface area contributed by atoms with Crippen LogP contribution in [0.1, 0.15) is 63.4 Å². The molecule has 0 saturated carbocycles. The Balaban J connectivity index is 1.72. The monoisotopic (exact) mass is 332 g/mol.